The Morgan fingerprint density at radius 2 is 1.61 bits per heavy atom. The molecule has 0 spiro atoms. The highest BCUT2D eigenvalue weighted by atomic mass is 32.2. The van der Waals surface area contributed by atoms with Gasteiger partial charge in [-0.1, -0.05) is 37.5 Å². The molecule has 0 radical (unpaired) electrons. The Kier molecular flexibility index (Phi) is 6.02. The lowest BCUT2D eigenvalue weighted by molar-refractivity contribution is 0.184. The molecule has 2 aliphatic rings. The van der Waals surface area contributed by atoms with E-state index in [1.165, 1.54) is 43.5 Å². The highest BCUT2D eigenvalue weighted by Crippen LogP contribution is 2.35. The van der Waals surface area contributed by atoms with Crippen LogP contribution in [0, 0.1) is 0 Å². The van der Waals surface area contributed by atoms with Crippen LogP contribution in [0.25, 0.3) is 0 Å². The number of hydrogen-bond donors (Lipinski definition) is 2. The zero-order valence-electron chi connectivity index (χ0n) is 17.1. The number of benzene rings is 2. The predicted molar refractivity (Wildman–Crippen MR) is 118 cm³/mol. The first-order valence-corrected chi connectivity index (χ1v) is 13.8. The Hall–Kier alpha value is -2.10. The van der Waals surface area contributed by atoms with Crippen molar-refractivity contribution in [2.45, 2.75) is 55.1 Å². The fourth-order valence-electron chi connectivity index (χ4n) is 4.63. The van der Waals surface area contributed by atoms with E-state index in [0.29, 0.717) is 5.92 Å². The molecular weight excluding hydrogens is 438 g/mol. The van der Waals surface area contributed by atoms with Crippen molar-refractivity contribution in [3.05, 3.63) is 54.1 Å². The Morgan fingerprint density at radius 1 is 0.935 bits per heavy atom. The van der Waals surface area contributed by atoms with Crippen LogP contribution < -0.4 is 4.31 Å². The Labute approximate surface area is 183 Å². The second-order valence-electron chi connectivity index (χ2n) is 8.44. The summed E-state index contributed by atoms with van der Waals surface area (Å²) in [6.07, 6.45) is 4.40. The third kappa shape index (κ3) is 4.58. The summed E-state index contributed by atoms with van der Waals surface area (Å²) in [5.74, 6) is -0.707. The summed E-state index contributed by atoms with van der Waals surface area (Å²) >= 11 is 0. The van der Waals surface area contributed by atoms with Crippen LogP contribution >= 0.6 is 0 Å². The molecule has 2 aromatic rings. The molecule has 1 aliphatic heterocycles. The molecule has 1 aliphatic carbocycles. The number of aliphatic hydroxyl groups excluding tert-OH is 1. The van der Waals surface area contributed by atoms with E-state index < -0.39 is 43.5 Å². The number of anilines is 1. The van der Waals surface area contributed by atoms with Gasteiger partial charge in [0.15, 0.2) is 9.84 Å². The topological polar surface area (TPSA) is 112 Å². The molecule has 0 aromatic heterocycles. The van der Waals surface area contributed by atoms with Crippen LogP contribution in [0.15, 0.2) is 53.4 Å². The molecule has 1 saturated carbocycles. The molecule has 7 nitrogen and oxygen atoms in total. The van der Waals surface area contributed by atoms with Crippen LogP contribution in [0.4, 0.5) is 5.69 Å². The van der Waals surface area contributed by atoms with Crippen molar-refractivity contribution in [2.24, 2.45) is 0 Å². The van der Waals surface area contributed by atoms with Gasteiger partial charge in [0.2, 0.25) is 0 Å². The lowest BCUT2D eigenvalue weighted by Crippen LogP contribution is -2.47. The number of sulfone groups is 1. The van der Waals surface area contributed by atoms with Gasteiger partial charge in [-0.3, -0.25) is 4.31 Å². The van der Waals surface area contributed by atoms with Gasteiger partial charge in [-0.25, -0.2) is 16.8 Å². The number of sulfonamides is 1. The van der Waals surface area contributed by atoms with E-state index in [-0.39, 0.29) is 16.3 Å². The first-order chi connectivity index (χ1) is 14.7. The van der Waals surface area contributed by atoms with Gasteiger partial charge in [0, 0.05) is 6.07 Å². The van der Waals surface area contributed by atoms with Crippen LogP contribution in [0.3, 0.4) is 0 Å². The standard InChI is InChI=1S/C22H27NO6S2/c24-19-8-4-7-18(13-19)23(21-14-30(26,27)15-22(21)25)31(28,29)20-11-9-17(10-12-20)16-5-2-1-3-6-16/h4,7-13,16,21-22,24-25H,1-3,5-6,14-15H2/t21-,22+/m0/s1. The van der Waals surface area contributed by atoms with Gasteiger partial charge in [-0.2, -0.15) is 0 Å². The molecular formula is C22H27NO6S2. The SMILES string of the molecule is O=S1(=O)C[C@@H](O)[C@@H](N(c2cccc(O)c2)S(=O)(=O)c2ccc(C3CCCCC3)cc2)C1. The van der Waals surface area contributed by atoms with E-state index in [4.69, 9.17) is 0 Å². The van der Waals surface area contributed by atoms with Crippen molar-refractivity contribution in [2.75, 3.05) is 15.8 Å². The molecule has 2 atom stereocenters. The fourth-order valence-corrected chi connectivity index (χ4v) is 8.17. The van der Waals surface area contributed by atoms with Gasteiger partial charge in [0.1, 0.15) is 5.75 Å². The zero-order chi connectivity index (χ0) is 22.2. The van der Waals surface area contributed by atoms with E-state index >= 15 is 0 Å². The van der Waals surface area contributed by atoms with Gasteiger partial charge < -0.3 is 10.2 Å². The van der Waals surface area contributed by atoms with E-state index in [2.05, 4.69) is 0 Å². The van der Waals surface area contributed by atoms with E-state index in [1.807, 2.05) is 12.1 Å². The van der Waals surface area contributed by atoms with Gasteiger partial charge in [0.25, 0.3) is 10.0 Å². The number of phenolic OH excluding ortho intramolecular Hbond substituents is 1. The number of hydrogen-bond acceptors (Lipinski definition) is 6. The number of phenols is 1. The molecule has 2 aromatic carbocycles. The highest BCUT2D eigenvalue weighted by Gasteiger charge is 2.45. The Balaban J connectivity index is 1.73. The van der Waals surface area contributed by atoms with Crippen molar-refractivity contribution in [1.29, 1.82) is 0 Å². The third-order valence-corrected chi connectivity index (χ3v) is 9.76. The van der Waals surface area contributed by atoms with Crippen molar-refractivity contribution in [3.63, 3.8) is 0 Å². The molecule has 0 unspecified atom stereocenters. The van der Waals surface area contributed by atoms with Crippen LogP contribution in [0.1, 0.15) is 43.6 Å². The van der Waals surface area contributed by atoms with Gasteiger partial charge in [-0.05, 0) is 48.6 Å². The summed E-state index contributed by atoms with van der Waals surface area (Å²) in [7, 11) is -7.78. The van der Waals surface area contributed by atoms with E-state index in [9.17, 15) is 27.0 Å². The van der Waals surface area contributed by atoms with Gasteiger partial charge in [-0.15, -0.1) is 0 Å². The second-order valence-corrected chi connectivity index (χ2v) is 12.4. The molecule has 2 N–H and O–H groups in total. The van der Waals surface area contributed by atoms with E-state index in [1.54, 1.807) is 12.1 Å². The second kappa shape index (κ2) is 8.44. The van der Waals surface area contributed by atoms with Crippen LogP contribution in [-0.2, 0) is 19.9 Å². The van der Waals surface area contributed by atoms with Crippen LogP contribution in [-0.4, -0.2) is 50.7 Å². The average molecular weight is 466 g/mol. The largest absolute Gasteiger partial charge is 0.508 e. The number of aliphatic hydroxyl groups is 1. The summed E-state index contributed by atoms with van der Waals surface area (Å²) in [4.78, 5) is 0.0203. The quantitative estimate of drug-likeness (QED) is 0.702. The fraction of sp³-hybridized carbons (Fsp3) is 0.455. The molecule has 168 valence electrons. The molecule has 9 heteroatoms. The molecule has 1 saturated heterocycles. The summed E-state index contributed by atoms with van der Waals surface area (Å²) in [6, 6.07) is 11.2. The first-order valence-electron chi connectivity index (χ1n) is 10.5. The molecule has 2 fully saturated rings. The smallest absolute Gasteiger partial charge is 0.264 e. The molecule has 4 rings (SSSR count). The summed E-state index contributed by atoms with van der Waals surface area (Å²) in [6.45, 7) is 0. The van der Waals surface area contributed by atoms with Crippen molar-refractivity contribution in [1.82, 2.24) is 0 Å². The molecule has 0 amide bonds. The third-order valence-electron chi connectivity index (χ3n) is 6.19. The number of nitrogens with zero attached hydrogens (tertiary/aromatic N) is 1. The molecule has 0 bridgehead atoms. The van der Waals surface area contributed by atoms with Crippen molar-refractivity contribution >= 4 is 25.5 Å². The lowest BCUT2D eigenvalue weighted by Gasteiger charge is -2.31. The van der Waals surface area contributed by atoms with E-state index in [0.717, 1.165) is 22.7 Å². The minimum atomic E-state index is -4.19. The van der Waals surface area contributed by atoms with Crippen LogP contribution in [0.5, 0.6) is 5.75 Å². The summed E-state index contributed by atoms with van der Waals surface area (Å²) in [5.41, 5.74) is 1.21. The maximum absolute atomic E-state index is 13.6. The maximum atomic E-state index is 13.6. The normalized spacial score (nSPS) is 24.2. The highest BCUT2D eigenvalue weighted by molar-refractivity contribution is 7.93. The Morgan fingerprint density at radius 3 is 2.19 bits per heavy atom. The first kappa shape index (κ1) is 22.1. The van der Waals surface area contributed by atoms with Gasteiger partial charge >= 0.3 is 0 Å². The lowest BCUT2D eigenvalue weighted by atomic mass is 9.84. The maximum Gasteiger partial charge on any atom is 0.264 e. The van der Waals surface area contributed by atoms with Crippen molar-refractivity contribution in [3.8, 4) is 5.75 Å². The Bertz CT molecular complexity index is 1140. The minimum absolute atomic E-state index is 0.0203. The number of aromatic hydroxyl groups is 1. The average Bonchev–Trinajstić information content (AvgIpc) is 3.00. The van der Waals surface area contributed by atoms with Crippen LogP contribution in [0.2, 0.25) is 0 Å². The summed E-state index contributed by atoms with van der Waals surface area (Å²) < 4.78 is 52.4. The monoisotopic (exact) mass is 465 g/mol. The summed E-state index contributed by atoms with van der Waals surface area (Å²) in [5, 5.41) is 20.3. The molecule has 1 heterocycles. The predicted octanol–water partition coefficient (Wildman–Crippen LogP) is 2.79. The molecule has 31 heavy (non-hydrogen) atoms. The zero-order valence-corrected chi connectivity index (χ0v) is 18.7. The minimum Gasteiger partial charge on any atom is -0.508 e. The van der Waals surface area contributed by atoms with Crippen molar-refractivity contribution < 1.29 is 27.0 Å². The van der Waals surface area contributed by atoms with Gasteiger partial charge in [0.05, 0.1) is 34.2 Å². The number of rotatable bonds is 5.